The zero-order valence-electron chi connectivity index (χ0n) is 15.9. The Morgan fingerprint density at radius 2 is 1.85 bits per heavy atom. The van der Waals surface area contributed by atoms with Crippen LogP contribution in [0.5, 0.6) is 0 Å². The highest BCUT2D eigenvalue weighted by molar-refractivity contribution is 5.92. The molecule has 5 heteroatoms. The van der Waals surface area contributed by atoms with Gasteiger partial charge in [0.15, 0.2) is 0 Å². The molecule has 1 N–H and O–H groups in total. The highest BCUT2D eigenvalue weighted by Crippen LogP contribution is 2.21. The van der Waals surface area contributed by atoms with Gasteiger partial charge in [0.25, 0.3) is 5.91 Å². The summed E-state index contributed by atoms with van der Waals surface area (Å²) in [7, 11) is 1.80. The van der Waals surface area contributed by atoms with Gasteiger partial charge >= 0.3 is 0 Å². The summed E-state index contributed by atoms with van der Waals surface area (Å²) in [6.07, 6.45) is 6.02. The second-order valence-electron chi connectivity index (χ2n) is 6.71. The molecule has 1 aromatic carbocycles. The molecular weight excluding hydrogens is 336 g/mol. The van der Waals surface area contributed by atoms with Crippen molar-refractivity contribution in [1.29, 1.82) is 0 Å². The Morgan fingerprint density at radius 1 is 1.07 bits per heavy atom. The first-order valence-electron chi connectivity index (χ1n) is 8.97. The summed E-state index contributed by atoms with van der Waals surface area (Å²) in [5.41, 5.74) is 5.87. The SMILES string of the molecule is Cc1ccc(C)c(Nc2ccc(C(=O)N(C)CCc3ccncc3)nc2)c1. The molecule has 3 aromatic rings. The molecule has 2 aromatic heterocycles. The number of likely N-dealkylation sites (N-methyl/N-ethyl adjacent to an activating group) is 1. The van der Waals surface area contributed by atoms with E-state index in [-0.39, 0.29) is 5.91 Å². The van der Waals surface area contributed by atoms with Crippen molar-refractivity contribution in [3.63, 3.8) is 0 Å². The average molecular weight is 360 g/mol. The van der Waals surface area contributed by atoms with Crippen molar-refractivity contribution in [2.24, 2.45) is 0 Å². The van der Waals surface area contributed by atoms with E-state index in [0.717, 1.165) is 28.9 Å². The third-order valence-corrected chi connectivity index (χ3v) is 4.49. The van der Waals surface area contributed by atoms with Crippen LogP contribution in [0.4, 0.5) is 11.4 Å². The van der Waals surface area contributed by atoms with Crippen molar-refractivity contribution in [3.8, 4) is 0 Å². The molecule has 0 atom stereocenters. The lowest BCUT2D eigenvalue weighted by atomic mass is 10.1. The minimum atomic E-state index is -0.0812. The predicted molar refractivity (Wildman–Crippen MR) is 108 cm³/mol. The maximum absolute atomic E-state index is 12.6. The minimum absolute atomic E-state index is 0.0812. The Hall–Kier alpha value is -3.21. The van der Waals surface area contributed by atoms with Crippen molar-refractivity contribution < 1.29 is 4.79 Å². The highest BCUT2D eigenvalue weighted by Gasteiger charge is 2.13. The quantitative estimate of drug-likeness (QED) is 0.717. The lowest BCUT2D eigenvalue weighted by Crippen LogP contribution is -2.29. The van der Waals surface area contributed by atoms with Gasteiger partial charge in [0.2, 0.25) is 0 Å². The molecule has 0 aliphatic heterocycles. The van der Waals surface area contributed by atoms with Gasteiger partial charge in [0.05, 0.1) is 11.9 Å². The second kappa shape index (κ2) is 8.45. The lowest BCUT2D eigenvalue weighted by Gasteiger charge is -2.17. The molecular formula is C22H24N4O. The number of nitrogens with zero attached hydrogens (tertiary/aromatic N) is 3. The number of nitrogens with one attached hydrogen (secondary N) is 1. The van der Waals surface area contributed by atoms with Gasteiger partial charge in [0, 0.05) is 31.7 Å². The summed E-state index contributed by atoms with van der Waals surface area (Å²) in [4.78, 5) is 22.6. The zero-order valence-corrected chi connectivity index (χ0v) is 15.9. The fourth-order valence-corrected chi connectivity index (χ4v) is 2.76. The highest BCUT2D eigenvalue weighted by atomic mass is 16.2. The summed E-state index contributed by atoms with van der Waals surface area (Å²) in [6, 6.07) is 13.8. The minimum Gasteiger partial charge on any atom is -0.354 e. The van der Waals surface area contributed by atoms with Gasteiger partial charge in [-0.2, -0.15) is 0 Å². The number of anilines is 2. The summed E-state index contributed by atoms with van der Waals surface area (Å²) < 4.78 is 0. The first kappa shape index (κ1) is 18.6. The number of hydrogen-bond acceptors (Lipinski definition) is 4. The molecule has 0 saturated carbocycles. The third-order valence-electron chi connectivity index (χ3n) is 4.49. The Kier molecular flexibility index (Phi) is 5.81. The molecule has 0 fully saturated rings. The van der Waals surface area contributed by atoms with Gasteiger partial charge in [-0.15, -0.1) is 0 Å². The molecule has 1 amide bonds. The number of carbonyl (C=O) groups is 1. The zero-order chi connectivity index (χ0) is 19.2. The smallest absolute Gasteiger partial charge is 0.272 e. The molecule has 2 heterocycles. The summed E-state index contributed by atoms with van der Waals surface area (Å²) in [5.74, 6) is -0.0812. The number of amides is 1. The number of aryl methyl sites for hydroxylation is 2. The van der Waals surface area contributed by atoms with E-state index in [1.54, 1.807) is 36.6 Å². The van der Waals surface area contributed by atoms with E-state index in [4.69, 9.17) is 0 Å². The lowest BCUT2D eigenvalue weighted by molar-refractivity contribution is 0.0791. The largest absolute Gasteiger partial charge is 0.354 e. The average Bonchev–Trinajstić information content (AvgIpc) is 2.70. The van der Waals surface area contributed by atoms with Crippen molar-refractivity contribution in [1.82, 2.24) is 14.9 Å². The molecule has 0 aliphatic carbocycles. The second-order valence-corrected chi connectivity index (χ2v) is 6.71. The molecule has 0 unspecified atom stereocenters. The monoisotopic (exact) mass is 360 g/mol. The van der Waals surface area contributed by atoms with Gasteiger partial charge in [0.1, 0.15) is 5.69 Å². The molecule has 0 bridgehead atoms. The number of aromatic nitrogens is 2. The summed E-state index contributed by atoms with van der Waals surface area (Å²) in [5, 5.41) is 3.36. The Balaban J connectivity index is 1.62. The first-order valence-corrected chi connectivity index (χ1v) is 8.97. The van der Waals surface area contributed by atoms with Gasteiger partial charge < -0.3 is 10.2 Å². The molecule has 5 nitrogen and oxygen atoms in total. The van der Waals surface area contributed by atoms with Crippen LogP contribution in [0, 0.1) is 13.8 Å². The summed E-state index contributed by atoms with van der Waals surface area (Å²) in [6.45, 7) is 4.75. The first-order chi connectivity index (χ1) is 13.0. The van der Waals surface area contributed by atoms with Crippen LogP contribution in [-0.4, -0.2) is 34.4 Å². The van der Waals surface area contributed by atoms with Crippen LogP contribution in [-0.2, 0) is 6.42 Å². The molecule has 0 radical (unpaired) electrons. The molecule has 3 rings (SSSR count). The number of rotatable bonds is 6. The Morgan fingerprint density at radius 3 is 2.56 bits per heavy atom. The maximum atomic E-state index is 12.6. The normalized spacial score (nSPS) is 10.5. The number of pyridine rings is 2. The molecule has 138 valence electrons. The van der Waals surface area contributed by atoms with Crippen LogP contribution >= 0.6 is 0 Å². The van der Waals surface area contributed by atoms with Crippen LogP contribution < -0.4 is 5.32 Å². The fraction of sp³-hybridized carbons (Fsp3) is 0.227. The van der Waals surface area contributed by atoms with Crippen LogP contribution in [0.15, 0.2) is 61.1 Å². The van der Waals surface area contributed by atoms with E-state index in [1.165, 1.54) is 5.56 Å². The van der Waals surface area contributed by atoms with E-state index in [1.807, 2.05) is 18.2 Å². The van der Waals surface area contributed by atoms with E-state index in [0.29, 0.717) is 12.2 Å². The van der Waals surface area contributed by atoms with Gasteiger partial charge in [-0.1, -0.05) is 12.1 Å². The van der Waals surface area contributed by atoms with Crippen molar-refractivity contribution in [2.45, 2.75) is 20.3 Å². The third kappa shape index (κ3) is 4.91. The van der Waals surface area contributed by atoms with Crippen LogP contribution in [0.3, 0.4) is 0 Å². The van der Waals surface area contributed by atoms with Crippen LogP contribution in [0.1, 0.15) is 27.2 Å². The van der Waals surface area contributed by atoms with Gasteiger partial charge in [-0.25, -0.2) is 4.98 Å². The number of carbonyl (C=O) groups excluding carboxylic acids is 1. The van der Waals surface area contributed by atoms with E-state index < -0.39 is 0 Å². The Bertz CT molecular complexity index is 907. The maximum Gasteiger partial charge on any atom is 0.272 e. The van der Waals surface area contributed by atoms with E-state index in [2.05, 4.69) is 47.3 Å². The van der Waals surface area contributed by atoms with Gasteiger partial charge in [-0.05, 0) is 67.3 Å². The number of hydrogen-bond donors (Lipinski definition) is 1. The van der Waals surface area contributed by atoms with Gasteiger partial charge in [-0.3, -0.25) is 9.78 Å². The molecule has 27 heavy (non-hydrogen) atoms. The molecule has 0 aliphatic rings. The van der Waals surface area contributed by atoms with Crippen LogP contribution in [0.25, 0.3) is 0 Å². The number of benzene rings is 1. The fourth-order valence-electron chi connectivity index (χ4n) is 2.76. The summed E-state index contributed by atoms with van der Waals surface area (Å²) >= 11 is 0. The Labute approximate surface area is 160 Å². The van der Waals surface area contributed by atoms with Crippen molar-refractivity contribution in [2.75, 3.05) is 18.9 Å². The predicted octanol–water partition coefficient (Wildman–Crippen LogP) is 4.15. The van der Waals surface area contributed by atoms with Crippen LogP contribution in [0.2, 0.25) is 0 Å². The van der Waals surface area contributed by atoms with E-state index >= 15 is 0 Å². The van der Waals surface area contributed by atoms with Crippen molar-refractivity contribution in [3.05, 3.63) is 83.4 Å². The standard InChI is InChI=1S/C22H24N4O/c1-16-4-5-17(2)21(14-16)25-19-6-7-20(24-15-19)22(27)26(3)13-10-18-8-11-23-12-9-18/h4-9,11-12,14-15,25H,10,13H2,1-3H3. The topological polar surface area (TPSA) is 58.1 Å². The molecule has 0 spiro atoms. The van der Waals surface area contributed by atoms with E-state index in [9.17, 15) is 4.79 Å². The van der Waals surface area contributed by atoms with Crippen molar-refractivity contribution >= 4 is 17.3 Å². The molecule has 0 saturated heterocycles.